The number of ether oxygens (including phenoxy) is 1. The Morgan fingerprint density at radius 2 is 2.05 bits per heavy atom. The van der Waals surface area contributed by atoms with Crippen molar-refractivity contribution in [2.45, 2.75) is 37.5 Å². The van der Waals surface area contributed by atoms with Crippen molar-refractivity contribution in [3.63, 3.8) is 0 Å². The Kier molecular flexibility index (Phi) is 3.62. The third kappa shape index (κ3) is 2.49. The predicted molar refractivity (Wildman–Crippen MR) is 74.1 cm³/mol. The van der Waals surface area contributed by atoms with Crippen LogP contribution in [0.1, 0.15) is 37.5 Å². The number of aliphatic hydroxyl groups is 1. The van der Waals surface area contributed by atoms with Gasteiger partial charge in [-0.1, -0.05) is 18.2 Å². The number of aliphatic hydroxyl groups excluding tert-OH is 1. The van der Waals surface area contributed by atoms with Gasteiger partial charge in [0, 0.05) is 11.8 Å². The average molecular weight is 284 g/mol. The van der Waals surface area contributed by atoms with Crippen molar-refractivity contribution in [2.75, 3.05) is 12.9 Å². The Morgan fingerprint density at radius 3 is 2.68 bits per heavy atom. The van der Waals surface area contributed by atoms with Crippen LogP contribution in [-0.4, -0.2) is 31.1 Å². The first kappa shape index (κ1) is 14.3. The molecule has 0 saturated carbocycles. The summed E-state index contributed by atoms with van der Waals surface area (Å²) in [5.74, 6) is 0.651. The van der Waals surface area contributed by atoms with E-state index in [0.717, 1.165) is 24.7 Å². The maximum absolute atomic E-state index is 11.8. The van der Waals surface area contributed by atoms with Crippen LogP contribution in [0.25, 0.3) is 0 Å². The maximum atomic E-state index is 11.8. The number of aryl methyl sites for hydroxylation is 1. The van der Waals surface area contributed by atoms with Gasteiger partial charge < -0.3 is 9.84 Å². The third-order valence-corrected chi connectivity index (χ3v) is 6.01. The summed E-state index contributed by atoms with van der Waals surface area (Å²) in [6, 6.07) is 5.53. The van der Waals surface area contributed by atoms with Crippen molar-refractivity contribution < 1.29 is 18.3 Å². The molecule has 0 aromatic heterocycles. The highest BCUT2D eigenvalue weighted by Crippen LogP contribution is 2.39. The molecule has 106 valence electrons. The Hall–Kier alpha value is -1.07. The van der Waals surface area contributed by atoms with E-state index in [0.29, 0.717) is 17.9 Å². The highest BCUT2D eigenvalue weighted by atomic mass is 32.2. The lowest BCUT2D eigenvalue weighted by Crippen LogP contribution is -2.38. The molecule has 1 atom stereocenters. The number of rotatable bonds is 3. The van der Waals surface area contributed by atoms with Crippen LogP contribution in [0.5, 0.6) is 5.75 Å². The number of para-hydroxylation sites is 1. The molecular formula is C14H20O4S. The molecule has 1 aromatic carbocycles. The Labute approximate surface area is 114 Å². The first-order valence-corrected chi connectivity index (χ1v) is 8.26. The molecule has 0 amide bonds. The summed E-state index contributed by atoms with van der Waals surface area (Å²) in [5, 5.41) is 10.5. The number of fused-ring (bicyclic) bond motifs is 1. The van der Waals surface area contributed by atoms with E-state index < -0.39 is 20.7 Å². The predicted octanol–water partition coefficient (Wildman–Crippen LogP) is 1.87. The van der Waals surface area contributed by atoms with Crippen LogP contribution in [0.15, 0.2) is 18.2 Å². The smallest absolute Gasteiger partial charge is 0.155 e. The standard InChI is InChI=1S/C14H20O4S/c1-14(2,19(3,16)17)13(15)11-8-4-6-10-7-5-9-18-12(10)11/h4,6,8,13,15H,5,7,9H2,1-3H3. The highest BCUT2D eigenvalue weighted by Gasteiger charge is 2.40. The molecule has 0 fully saturated rings. The van der Waals surface area contributed by atoms with E-state index in [2.05, 4.69) is 0 Å². The van der Waals surface area contributed by atoms with Crippen molar-refractivity contribution in [2.24, 2.45) is 0 Å². The number of hydrogen-bond donors (Lipinski definition) is 1. The minimum absolute atomic E-state index is 0.563. The van der Waals surface area contributed by atoms with E-state index in [4.69, 9.17) is 4.74 Å². The van der Waals surface area contributed by atoms with E-state index in [1.165, 1.54) is 13.8 Å². The quantitative estimate of drug-likeness (QED) is 0.920. The van der Waals surface area contributed by atoms with Crippen LogP contribution in [-0.2, 0) is 16.3 Å². The van der Waals surface area contributed by atoms with Gasteiger partial charge >= 0.3 is 0 Å². The fourth-order valence-electron chi connectivity index (χ4n) is 2.21. The Balaban J connectivity index is 2.48. The molecule has 1 aliphatic heterocycles. The highest BCUT2D eigenvalue weighted by molar-refractivity contribution is 7.92. The summed E-state index contributed by atoms with van der Waals surface area (Å²) < 4.78 is 28.1. The van der Waals surface area contributed by atoms with Crippen molar-refractivity contribution in [1.29, 1.82) is 0 Å². The van der Waals surface area contributed by atoms with Gasteiger partial charge in [-0.15, -0.1) is 0 Å². The van der Waals surface area contributed by atoms with Crippen molar-refractivity contribution in [3.05, 3.63) is 29.3 Å². The van der Waals surface area contributed by atoms with Gasteiger partial charge in [-0.3, -0.25) is 0 Å². The minimum Gasteiger partial charge on any atom is -0.493 e. The van der Waals surface area contributed by atoms with E-state index in [-0.39, 0.29) is 0 Å². The van der Waals surface area contributed by atoms with E-state index in [9.17, 15) is 13.5 Å². The van der Waals surface area contributed by atoms with Crippen molar-refractivity contribution in [1.82, 2.24) is 0 Å². The molecule has 19 heavy (non-hydrogen) atoms. The van der Waals surface area contributed by atoms with Gasteiger partial charge in [0.25, 0.3) is 0 Å². The molecule has 1 unspecified atom stereocenters. The maximum Gasteiger partial charge on any atom is 0.155 e. The lowest BCUT2D eigenvalue weighted by Gasteiger charge is -2.31. The fraction of sp³-hybridized carbons (Fsp3) is 0.571. The second-order valence-corrected chi connectivity index (χ2v) is 8.16. The van der Waals surface area contributed by atoms with E-state index >= 15 is 0 Å². The molecule has 1 heterocycles. The van der Waals surface area contributed by atoms with Gasteiger partial charge in [-0.05, 0) is 32.3 Å². The number of sulfone groups is 1. The SMILES string of the molecule is CC(C)(C(O)c1cccc2c1OCCC2)S(C)(=O)=O. The second-order valence-electron chi connectivity index (χ2n) is 5.57. The molecule has 4 nitrogen and oxygen atoms in total. The number of hydrogen-bond acceptors (Lipinski definition) is 4. The van der Waals surface area contributed by atoms with Gasteiger partial charge in [0.05, 0.1) is 11.4 Å². The fourth-order valence-corrected chi connectivity index (χ4v) is 2.74. The molecular weight excluding hydrogens is 264 g/mol. The lowest BCUT2D eigenvalue weighted by atomic mass is 9.93. The van der Waals surface area contributed by atoms with Crippen LogP contribution < -0.4 is 4.74 Å². The average Bonchev–Trinajstić information content (AvgIpc) is 2.36. The molecule has 0 bridgehead atoms. The molecule has 0 aliphatic carbocycles. The molecule has 1 aliphatic rings. The van der Waals surface area contributed by atoms with Crippen LogP contribution >= 0.6 is 0 Å². The van der Waals surface area contributed by atoms with Crippen molar-refractivity contribution in [3.8, 4) is 5.75 Å². The summed E-state index contributed by atoms with van der Waals surface area (Å²) in [7, 11) is -3.38. The van der Waals surface area contributed by atoms with Gasteiger partial charge in [0.2, 0.25) is 0 Å². The zero-order valence-corrected chi connectivity index (χ0v) is 12.3. The molecule has 5 heteroatoms. The van der Waals surface area contributed by atoms with Crippen molar-refractivity contribution >= 4 is 9.84 Å². The topological polar surface area (TPSA) is 63.6 Å². The van der Waals surface area contributed by atoms with Crippen LogP contribution in [0, 0.1) is 0 Å². The zero-order chi connectivity index (χ0) is 14.3. The van der Waals surface area contributed by atoms with Gasteiger partial charge in [-0.2, -0.15) is 0 Å². The molecule has 0 radical (unpaired) electrons. The zero-order valence-electron chi connectivity index (χ0n) is 11.5. The first-order valence-electron chi connectivity index (χ1n) is 6.37. The molecule has 0 saturated heterocycles. The largest absolute Gasteiger partial charge is 0.493 e. The summed E-state index contributed by atoms with van der Waals surface area (Å²) in [5.41, 5.74) is 1.60. The Morgan fingerprint density at radius 1 is 1.37 bits per heavy atom. The lowest BCUT2D eigenvalue weighted by molar-refractivity contribution is 0.133. The van der Waals surface area contributed by atoms with E-state index in [1.54, 1.807) is 6.07 Å². The van der Waals surface area contributed by atoms with Gasteiger partial charge in [-0.25, -0.2) is 8.42 Å². The Bertz CT molecular complexity index is 575. The number of benzene rings is 1. The van der Waals surface area contributed by atoms with Crippen LogP contribution in [0.4, 0.5) is 0 Å². The normalized spacial score (nSPS) is 17.5. The molecule has 2 rings (SSSR count). The molecule has 1 N–H and O–H groups in total. The van der Waals surface area contributed by atoms with Crippen LogP contribution in [0.3, 0.4) is 0 Å². The van der Waals surface area contributed by atoms with Gasteiger partial charge in [0.15, 0.2) is 9.84 Å². The van der Waals surface area contributed by atoms with Gasteiger partial charge in [0.1, 0.15) is 11.9 Å². The summed E-state index contributed by atoms with van der Waals surface area (Å²) >= 11 is 0. The van der Waals surface area contributed by atoms with E-state index in [1.807, 2.05) is 12.1 Å². The molecule has 1 aromatic rings. The third-order valence-electron chi connectivity index (χ3n) is 3.87. The minimum atomic E-state index is -3.38. The second kappa shape index (κ2) is 4.80. The van der Waals surface area contributed by atoms with Crippen LogP contribution in [0.2, 0.25) is 0 Å². The molecule has 0 spiro atoms. The summed E-state index contributed by atoms with van der Waals surface area (Å²) in [6.45, 7) is 3.68. The first-order chi connectivity index (χ1) is 8.75. The summed E-state index contributed by atoms with van der Waals surface area (Å²) in [4.78, 5) is 0. The monoisotopic (exact) mass is 284 g/mol. The summed E-state index contributed by atoms with van der Waals surface area (Å²) in [6.07, 6.45) is 1.89.